The first-order valence-electron chi connectivity index (χ1n) is 10.6. The standard InChI is InChI=1S/C21H30F2N6O.HI/c1-2-24-21(26-15-16-9-5-6-10-17(16)30-20(22)23)25-13-8-12-19-28-27-18-11-4-3-7-14-29(18)19;/h5-6,9-10,20H,2-4,7-8,11-15H2,1H3,(H2,24,25,26);1H. The number of guanidine groups is 1. The van der Waals surface area contributed by atoms with Gasteiger partial charge in [-0.1, -0.05) is 24.6 Å². The summed E-state index contributed by atoms with van der Waals surface area (Å²) in [6, 6.07) is 6.71. The number of para-hydroxylation sites is 1. The van der Waals surface area contributed by atoms with Crippen LogP contribution < -0.4 is 15.4 Å². The number of ether oxygens (including phenoxy) is 1. The second kappa shape index (κ2) is 13.4. The molecule has 0 saturated carbocycles. The van der Waals surface area contributed by atoms with Crippen LogP contribution in [0.25, 0.3) is 0 Å². The molecule has 10 heteroatoms. The summed E-state index contributed by atoms with van der Waals surface area (Å²) in [6.45, 7) is 1.82. The van der Waals surface area contributed by atoms with Crippen LogP contribution in [0.3, 0.4) is 0 Å². The summed E-state index contributed by atoms with van der Waals surface area (Å²) >= 11 is 0. The largest absolute Gasteiger partial charge is 0.434 e. The smallest absolute Gasteiger partial charge is 0.387 e. The van der Waals surface area contributed by atoms with Gasteiger partial charge in [-0.15, -0.1) is 34.2 Å². The van der Waals surface area contributed by atoms with Gasteiger partial charge >= 0.3 is 6.61 Å². The van der Waals surface area contributed by atoms with Crippen molar-refractivity contribution >= 4 is 29.9 Å². The number of hydrogen-bond acceptors (Lipinski definition) is 4. The van der Waals surface area contributed by atoms with Gasteiger partial charge in [0.2, 0.25) is 0 Å². The van der Waals surface area contributed by atoms with Crippen LogP contribution in [-0.2, 0) is 25.9 Å². The lowest BCUT2D eigenvalue weighted by Crippen LogP contribution is -2.38. The summed E-state index contributed by atoms with van der Waals surface area (Å²) < 4.78 is 32.0. The minimum Gasteiger partial charge on any atom is -0.434 e. The second-order valence-corrected chi connectivity index (χ2v) is 7.21. The highest BCUT2D eigenvalue weighted by atomic mass is 127. The Hall–Kier alpha value is -1.98. The minimum atomic E-state index is -2.85. The molecule has 3 rings (SSSR count). The Kier molecular flexibility index (Phi) is 11.0. The summed E-state index contributed by atoms with van der Waals surface area (Å²) in [4.78, 5) is 4.51. The van der Waals surface area contributed by atoms with E-state index >= 15 is 0 Å². The van der Waals surface area contributed by atoms with Gasteiger partial charge in [0.15, 0.2) is 5.96 Å². The Balaban J connectivity index is 0.00000341. The van der Waals surface area contributed by atoms with Crippen molar-refractivity contribution in [3.63, 3.8) is 0 Å². The number of nitrogens with zero attached hydrogens (tertiary/aromatic N) is 4. The first-order valence-corrected chi connectivity index (χ1v) is 10.6. The molecule has 1 aliphatic rings. The van der Waals surface area contributed by atoms with Crippen molar-refractivity contribution in [2.45, 2.75) is 65.1 Å². The molecular weight excluding hydrogens is 517 g/mol. The second-order valence-electron chi connectivity index (χ2n) is 7.21. The third kappa shape index (κ3) is 7.89. The Labute approximate surface area is 199 Å². The molecule has 0 spiro atoms. The molecule has 0 unspecified atom stereocenters. The number of hydrogen-bond donors (Lipinski definition) is 2. The van der Waals surface area contributed by atoms with E-state index in [1.54, 1.807) is 18.2 Å². The molecule has 0 aliphatic carbocycles. The summed E-state index contributed by atoms with van der Waals surface area (Å²) in [7, 11) is 0. The first kappa shape index (κ1) is 25.3. The Morgan fingerprint density at radius 3 is 2.84 bits per heavy atom. The lowest BCUT2D eigenvalue weighted by molar-refractivity contribution is -0.0504. The van der Waals surface area contributed by atoms with Crippen molar-refractivity contribution in [3.05, 3.63) is 41.5 Å². The van der Waals surface area contributed by atoms with Crippen LogP contribution in [0.15, 0.2) is 29.3 Å². The highest BCUT2D eigenvalue weighted by Crippen LogP contribution is 2.21. The van der Waals surface area contributed by atoms with Crippen LogP contribution in [0, 0.1) is 0 Å². The SMILES string of the molecule is CCNC(=NCc1ccccc1OC(F)F)NCCCc1nnc2n1CCCCC2.I. The van der Waals surface area contributed by atoms with Crippen LogP contribution in [0.2, 0.25) is 0 Å². The Morgan fingerprint density at radius 2 is 2.03 bits per heavy atom. The third-order valence-electron chi connectivity index (χ3n) is 5.00. The van der Waals surface area contributed by atoms with Gasteiger partial charge in [-0.05, 0) is 32.3 Å². The van der Waals surface area contributed by atoms with Crippen LogP contribution in [0.4, 0.5) is 8.78 Å². The number of fused-ring (bicyclic) bond motifs is 1. The summed E-state index contributed by atoms with van der Waals surface area (Å²) in [5, 5.41) is 15.2. The fourth-order valence-electron chi connectivity index (χ4n) is 3.53. The van der Waals surface area contributed by atoms with Crippen LogP contribution in [-0.4, -0.2) is 40.4 Å². The number of aryl methyl sites for hydroxylation is 2. The molecule has 2 N–H and O–H groups in total. The van der Waals surface area contributed by atoms with Crippen molar-refractivity contribution in [1.82, 2.24) is 25.4 Å². The van der Waals surface area contributed by atoms with E-state index in [0.29, 0.717) is 18.1 Å². The van der Waals surface area contributed by atoms with Gasteiger partial charge < -0.3 is 19.9 Å². The molecular formula is C21H31F2IN6O. The predicted octanol–water partition coefficient (Wildman–Crippen LogP) is 3.91. The van der Waals surface area contributed by atoms with Crippen molar-refractivity contribution < 1.29 is 13.5 Å². The molecule has 172 valence electrons. The molecule has 0 radical (unpaired) electrons. The quantitative estimate of drug-likeness (QED) is 0.215. The van der Waals surface area contributed by atoms with Gasteiger partial charge in [0.1, 0.15) is 17.4 Å². The molecule has 0 bridgehead atoms. The fraction of sp³-hybridized carbons (Fsp3) is 0.571. The lowest BCUT2D eigenvalue weighted by atomic mass is 10.2. The molecule has 1 aliphatic heterocycles. The van der Waals surface area contributed by atoms with E-state index in [9.17, 15) is 8.78 Å². The maximum Gasteiger partial charge on any atom is 0.387 e. The molecule has 1 aromatic carbocycles. The van der Waals surface area contributed by atoms with E-state index in [4.69, 9.17) is 0 Å². The number of alkyl halides is 2. The molecule has 1 aromatic heterocycles. The van der Waals surface area contributed by atoms with Crippen LogP contribution in [0.1, 0.15) is 49.8 Å². The van der Waals surface area contributed by atoms with Crippen LogP contribution >= 0.6 is 24.0 Å². The van der Waals surface area contributed by atoms with Gasteiger partial charge in [-0.3, -0.25) is 0 Å². The van der Waals surface area contributed by atoms with E-state index < -0.39 is 6.61 Å². The Morgan fingerprint density at radius 1 is 1.19 bits per heavy atom. The van der Waals surface area contributed by atoms with Crippen molar-refractivity contribution in [1.29, 1.82) is 0 Å². The van der Waals surface area contributed by atoms with E-state index in [2.05, 4.69) is 35.1 Å². The fourth-order valence-corrected chi connectivity index (χ4v) is 3.53. The van der Waals surface area contributed by atoms with Crippen molar-refractivity contribution in [3.8, 4) is 5.75 Å². The van der Waals surface area contributed by atoms with Gasteiger partial charge in [-0.25, -0.2) is 4.99 Å². The number of rotatable bonds is 9. The van der Waals surface area contributed by atoms with Crippen LogP contribution in [0.5, 0.6) is 5.75 Å². The highest BCUT2D eigenvalue weighted by Gasteiger charge is 2.14. The third-order valence-corrected chi connectivity index (χ3v) is 5.00. The number of nitrogens with one attached hydrogen (secondary N) is 2. The molecule has 7 nitrogen and oxygen atoms in total. The molecule has 2 heterocycles. The molecule has 31 heavy (non-hydrogen) atoms. The molecule has 0 amide bonds. The zero-order valence-electron chi connectivity index (χ0n) is 17.8. The highest BCUT2D eigenvalue weighted by molar-refractivity contribution is 14.0. The number of aromatic nitrogens is 3. The van der Waals surface area contributed by atoms with E-state index in [1.165, 1.54) is 25.3 Å². The topological polar surface area (TPSA) is 76.4 Å². The maximum atomic E-state index is 12.6. The molecule has 0 saturated heterocycles. The summed E-state index contributed by atoms with van der Waals surface area (Å²) in [6.07, 6.45) is 6.38. The average molecular weight is 548 g/mol. The average Bonchev–Trinajstić information content (AvgIpc) is 2.95. The monoisotopic (exact) mass is 548 g/mol. The van der Waals surface area contributed by atoms with Gasteiger partial charge in [-0.2, -0.15) is 8.78 Å². The van der Waals surface area contributed by atoms with E-state index in [0.717, 1.165) is 44.0 Å². The van der Waals surface area contributed by atoms with Gasteiger partial charge in [0.05, 0.1) is 6.54 Å². The number of halogens is 3. The minimum absolute atomic E-state index is 0. The summed E-state index contributed by atoms with van der Waals surface area (Å²) in [5.41, 5.74) is 0.612. The Bertz CT molecular complexity index is 830. The predicted molar refractivity (Wildman–Crippen MR) is 127 cm³/mol. The lowest BCUT2D eigenvalue weighted by Gasteiger charge is -2.13. The number of aliphatic imine (C=N–C) groups is 1. The van der Waals surface area contributed by atoms with Crippen molar-refractivity contribution in [2.75, 3.05) is 13.1 Å². The first-order chi connectivity index (χ1) is 14.7. The molecule has 2 aromatic rings. The van der Waals surface area contributed by atoms with Gasteiger partial charge in [0, 0.05) is 38.0 Å². The molecule has 0 fully saturated rings. The number of benzene rings is 1. The molecule has 0 atom stereocenters. The van der Waals surface area contributed by atoms with E-state index in [1.807, 2.05) is 6.92 Å². The summed E-state index contributed by atoms with van der Waals surface area (Å²) in [5.74, 6) is 2.95. The maximum absolute atomic E-state index is 12.6. The zero-order chi connectivity index (χ0) is 21.2. The van der Waals surface area contributed by atoms with Gasteiger partial charge in [0.25, 0.3) is 0 Å². The van der Waals surface area contributed by atoms with Crippen molar-refractivity contribution in [2.24, 2.45) is 4.99 Å². The van der Waals surface area contributed by atoms with E-state index in [-0.39, 0.29) is 36.3 Å². The normalized spacial score (nSPS) is 13.9. The zero-order valence-corrected chi connectivity index (χ0v) is 20.1.